The highest BCUT2D eigenvalue weighted by Crippen LogP contribution is 2.37. The van der Waals surface area contributed by atoms with E-state index in [4.69, 9.17) is 4.74 Å². The van der Waals surface area contributed by atoms with Gasteiger partial charge >= 0.3 is 18.4 Å². The number of benzene rings is 1. The van der Waals surface area contributed by atoms with E-state index >= 15 is 0 Å². The lowest BCUT2D eigenvalue weighted by Crippen LogP contribution is -2.49. The van der Waals surface area contributed by atoms with E-state index in [1.165, 1.54) is 6.07 Å². The smallest absolute Gasteiger partial charge is 0.379 e. The summed E-state index contributed by atoms with van der Waals surface area (Å²) in [4.78, 5) is 24.2. The molecule has 3 aromatic heterocycles. The number of fused-ring (bicyclic) bond motifs is 1. The van der Waals surface area contributed by atoms with E-state index in [0.29, 0.717) is 16.2 Å². The quantitative estimate of drug-likeness (QED) is 0.304. The summed E-state index contributed by atoms with van der Waals surface area (Å²) in [7, 11) is 0. The van der Waals surface area contributed by atoms with Crippen LogP contribution < -0.4 is 5.69 Å². The summed E-state index contributed by atoms with van der Waals surface area (Å²) in [6, 6.07) is 7.15. The number of pyridine rings is 1. The van der Waals surface area contributed by atoms with Gasteiger partial charge in [-0.3, -0.25) is 18.3 Å². The van der Waals surface area contributed by atoms with E-state index in [1.807, 2.05) is 0 Å². The predicted octanol–water partition coefficient (Wildman–Crippen LogP) is 3.42. The molecule has 0 spiro atoms. The maximum atomic E-state index is 13.6. The number of hydrogen-bond donors (Lipinski definition) is 0. The van der Waals surface area contributed by atoms with Crippen LogP contribution >= 0.6 is 0 Å². The summed E-state index contributed by atoms with van der Waals surface area (Å²) in [5, 5.41) is 7.34. The molecule has 0 bridgehead atoms. The first-order chi connectivity index (χ1) is 16.6. The number of carbonyl (C=O) groups excluding carboxylic acids is 1. The zero-order chi connectivity index (χ0) is 25.0. The van der Waals surface area contributed by atoms with Gasteiger partial charge in [0, 0.05) is 29.8 Å². The van der Waals surface area contributed by atoms with Crippen molar-refractivity contribution < 1.29 is 31.5 Å². The number of ether oxygens (including phenoxy) is 1. The van der Waals surface area contributed by atoms with Crippen molar-refractivity contribution in [3.8, 4) is 5.69 Å². The molecule has 4 aromatic rings. The molecule has 0 saturated carbocycles. The zero-order valence-corrected chi connectivity index (χ0v) is 17.7. The maximum Gasteiger partial charge on any atom is 0.418 e. The molecule has 0 unspecified atom stereocenters. The fourth-order valence-electron chi connectivity index (χ4n) is 4.25. The lowest BCUT2D eigenvalue weighted by atomic mass is 9.75. The fourth-order valence-corrected chi connectivity index (χ4v) is 4.25. The van der Waals surface area contributed by atoms with Gasteiger partial charge in [0.15, 0.2) is 6.29 Å². The SMILES string of the molecule is O=Cc1cc(C(F)(F)F)c2cn(-c3cccc(C4(Cc5nncn5C(F)F)COC4)c3)c(=O)n2c1. The largest absolute Gasteiger partial charge is 0.418 e. The molecule has 4 heterocycles. The molecule has 0 aliphatic carbocycles. The van der Waals surface area contributed by atoms with Crippen LogP contribution in [0.2, 0.25) is 0 Å². The van der Waals surface area contributed by atoms with E-state index in [1.54, 1.807) is 18.2 Å². The Hall–Kier alpha value is -3.87. The van der Waals surface area contributed by atoms with E-state index in [2.05, 4.69) is 10.2 Å². The van der Waals surface area contributed by atoms with Gasteiger partial charge < -0.3 is 4.74 Å². The molecule has 1 saturated heterocycles. The summed E-state index contributed by atoms with van der Waals surface area (Å²) in [6.07, 6.45) is -1.46. The van der Waals surface area contributed by atoms with E-state index < -0.39 is 34.9 Å². The molecule has 0 atom stereocenters. The van der Waals surface area contributed by atoms with Gasteiger partial charge in [-0.05, 0) is 23.8 Å². The number of aldehydes is 1. The van der Waals surface area contributed by atoms with Gasteiger partial charge in [-0.1, -0.05) is 12.1 Å². The Morgan fingerprint density at radius 1 is 1.17 bits per heavy atom. The van der Waals surface area contributed by atoms with Crippen LogP contribution in [-0.2, 0) is 22.7 Å². The second-order valence-electron chi connectivity index (χ2n) is 8.27. The van der Waals surface area contributed by atoms with Crippen molar-refractivity contribution in [2.45, 2.75) is 24.6 Å². The Labute approximate surface area is 193 Å². The molecule has 1 aromatic carbocycles. The monoisotopic (exact) mass is 493 g/mol. The molecule has 0 amide bonds. The number of aromatic nitrogens is 5. The fraction of sp³-hybridized carbons (Fsp3) is 0.273. The van der Waals surface area contributed by atoms with Crippen molar-refractivity contribution in [1.82, 2.24) is 23.7 Å². The average Bonchev–Trinajstić information content (AvgIpc) is 3.39. The Bertz CT molecular complexity index is 1480. The molecular formula is C22H16F5N5O3. The normalized spacial score (nSPS) is 15.5. The van der Waals surface area contributed by atoms with Gasteiger partial charge in [0.25, 0.3) is 0 Å². The van der Waals surface area contributed by atoms with Crippen molar-refractivity contribution in [1.29, 1.82) is 0 Å². The van der Waals surface area contributed by atoms with Gasteiger partial charge in [-0.2, -0.15) is 22.0 Å². The van der Waals surface area contributed by atoms with E-state index in [0.717, 1.165) is 27.7 Å². The van der Waals surface area contributed by atoms with Gasteiger partial charge in [-0.25, -0.2) is 4.79 Å². The molecule has 0 N–H and O–H groups in total. The third-order valence-electron chi connectivity index (χ3n) is 6.08. The zero-order valence-electron chi connectivity index (χ0n) is 17.7. The molecule has 1 fully saturated rings. The van der Waals surface area contributed by atoms with Crippen LogP contribution in [0.3, 0.4) is 0 Å². The van der Waals surface area contributed by atoms with Crippen LogP contribution in [0.4, 0.5) is 22.0 Å². The second kappa shape index (κ2) is 8.12. The van der Waals surface area contributed by atoms with Crippen molar-refractivity contribution in [2.24, 2.45) is 0 Å². The minimum absolute atomic E-state index is 0.0525. The number of imidazole rings is 1. The second-order valence-corrected chi connectivity index (χ2v) is 8.27. The Balaban J connectivity index is 1.60. The Morgan fingerprint density at radius 3 is 2.57 bits per heavy atom. The summed E-state index contributed by atoms with van der Waals surface area (Å²) in [5.41, 5.74) is -2.47. The highest BCUT2D eigenvalue weighted by molar-refractivity contribution is 5.76. The standard InChI is InChI=1S/C22H16F5N5O3/c23-19(24)32-12-28-29-18(32)6-21(10-35-11-21)14-2-1-3-15(5-14)30-8-17-16(22(25,26)27)4-13(9-33)7-31(17)20(30)34/h1-5,7-9,12,19H,6,10-11H2. The van der Waals surface area contributed by atoms with Crippen molar-refractivity contribution >= 4 is 11.8 Å². The molecule has 35 heavy (non-hydrogen) atoms. The first-order valence-electron chi connectivity index (χ1n) is 10.3. The first kappa shape index (κ1) is 22.9. The predicted molar refractivity (Wildman–Crippen MR) is 111 cm³/mol. The van der Waals surface area contributed by atoms with Crippen molar-refractivity contribution in [3.05, 3.63) is 82.1 Å². The highest BCUT2D eigenvalue weighted by atomic mass is 19.4. The highest BCUT2D eigenvalue weighted by Gasteiger charge is 2.42. The molecule has 5 rings (SSSR count). The third-order valence-corrected chi connectivity index (χ3v) is 6.08. The topological polar surface area (TPSA) is 83.4 Å². The van der Waals surface area contributed by atoms with Gasteiger partial charge in [0.2, 0.25) is 0 Å². The molecule has 1 aliphatic rings. The molecule has 1 aliphatic heterocycles. The molecule has 13 heteroatoms. The number of rotatable bonds is 6. The Kier molecular flexibility index (Phi) is 5.31. The minimum atomic E-state index is -4.79. The summed E-state index contributed by atoms with van der Waals surface area (Å²) < 4.78 is 75.2. The molecule has 0 radical (unpaired) electrons. The van der Waals surface area contributed by atoms with Crippen LogP contribution in [0.5, 0.6) is 0 Å². The molecular weight excluding hydrogens is 477 g/mol. The van der Waals surface area contributed by atoms with E-state index in [-0.39, 0.29) is 43.0 Å². The third kappa shape index (κ3) is 3.81. The number of alkyl halides is 5. The number of halogens is 5. The molecule has 182 valence electrons. The van der Waals surface area contributed by atoms with Crippen molar-refractivity contribution in [2.75, 3.05) is 13.2 Å². The van der Waals surface area contributed by atoms with Crippen LogP contribution in [0, 0.1) is 0 Å². The van der Waals surface area contributed by atoms with Gasteiger partial charge in [0.05, 0.1) is 30.0 Å². The van der Waals surface area contributed by atoms with E-state index in [9.17, 15) is 31.5 Å². The van der Waals surface area contributed by atoms with Gasteiger partial charge in [-0.15, -0.1) is 10.2 Å². The maximum absolute atomic E-state index is 13.6. The number of hydrogen-bond acceptors (Lipinski definition) is 5. The lowest BCUT2D eigenvalue weighted by molar-refractivity contribution is -0.136. The summed E-state index contributed by atoms with van der Waals surface area (Å²) in [6.45, 7) is -2.43. The van der Waals surface area contributed by atoms with Crippen LogP contribution in [-0.4, -0.2) is 43.2 Å². The van der Waals surface area contributed by atoms with Crippen LogP contribution in [0.1, 0.15) is 33.9 Å². The minimum Gasteiger partial charge on any atom is -0.379 e. The number of nitrogens with zero attached hydrogens (tertiary/aromatic N) is 5. The summed E-state index contributed by atoms with van der Waals surface area (Å²) >= 11 is 0. The van der Waals surface area contributed by atoms with Crippen LogP contribution in [0.25, 0.3) is 11.2 Å². The van der Waals surface area contributed by atoms with Gasteiger partial charge in [0.1, 0.15) is 12.2 Å². The van der Waals surface area contributed by atoms with Crippen LogP contribution in [0.15, 0.2) is 53.8 Å². The lowest BCUT2D eigenvalue weighted by Gasteiger charge is -2.42. The first-order valence-corrected chi connectivity index (χ1v) is 10.3. The average molecular weight is 493 g/mol. The Morgan fingerprint density at radius 2 is 1.94 bits per heavy atom. The summed E-state index contributed by atoms with van der Waals surface area (Å²) in [5.74, 6) is 0.0525. The molecule has 8 nitrogen and oxygen atoms in total. The van der Waals surface area contributed by atoms with Crippen molar-refractivity contribution in [3.63, 3.8) is 0 Å². The number of carbonyl (C=O) groups is 1.